The maximum atomic E-state index is 12.6. The Bertz CT molecular complexity index is 1090. The molecular weight excluding hydrogens is 468 g/mol. The summed E-state index contributed by atoms with van der Waals surface area (Å²) >= 11 is 0. The first kappa shape index (κ1) is 26.4. The summed E-state index contributed by atoms with van der Waals surface area (Å²) in [6, 6.07) is 6.45. The Hall–Kier alpha value is -3.90. The number of pyridine rings is 1. The number of rotatable bonds is 6. The largest absolute Gasteiger partial charge is 0.482 e. The standard InChI is InChI=1S/C19H13F6N5O2.C2H6/c20-18(21,22)10-32-15-6-7-26-9-14(15)29-16(31)13-5-8-27-17(30-13)28-12-3-1-11(2-4-12)19(23,24)25;1-2/h1-9H,10H2,(H,29,31)(H,27,28,30);1-2H3. The van der Waals surface area contributed by atoms with Gasteiger partial charge in [-0.05, 0) is 30.3 Å². The molecule has 0 saturated heterocycles. The summed E-state index contributed by atoms with van der Waals surface area (Å²) in [4.78, 5) is 24.0. The fourth-order valence-corrected chi connectivity index (χ4v) is 2.36. The van der Waals surface area contributed by atoms with Crippen molar-refractivity contribution in [3.63, 3.8) is 0 Å². The molecule has 3 rings (SSSR count). The van der Waals surface area contributed by atoms with Gasteiger partial charge in [0.05, 0.1) is 11.8 Å². The lowest BCUT2D eigenvalue weighted by atomic mass is 10.2. The number of benzene rings is 1. The molecule has 0 aliphatic heterocycles. The molecule has 0 bridgehead atoms. The van der Waals surface area contributed by atoms with Gasteiger partial charge in [-0.15, -0.1) is 0 Å². The monoisotopic (exact) mass is 487 g/mol. The van der Waals surface area contributed by atoms with Crippen molar-refractivity contribution >= 4 is 23.2 Å². The topological polar surface area (TPSA) is 89.0 Å². The Morgan fingerprint density at radius 2 is 1.65 bits per heavy atom. The van der Waals surface area contributed by atoms with Crippen LogP contribution in [0.2, 0.25) is 0 Å². The number of hydrogen-bond donors (Lipinski definition) is 2. The Balaban J connectivity index is 0.00000199. The molecule has 0 fully saturated rings. The van der Waals surface area contributed by atoms with Gasteiger partial charge in [0.15, 0.2) is 6.61 Å². The Kier molecular flexibility index (Phi) is 8.76. The maximum absolute atomic E-state index is 12.6. The number of carbonyl (C=O) groups excluding carboxylic acids is 1. The van der Waals surface area contributed by atoms with E-state index >= 15 is 0 Å². The molecular formula is C21H19F6N5O2. The molecule has 3 aromatic rings. The zero-order chi connectivity index (χ0) is 25.4. The third-order valence-corrected chi connectivity index (χ3v) is 3.78. The van der Waals surface area contributed by atoms with Gasteiger partial charge in [-0.2, -0.15) is 26.3 Å². The quantitative estimate of drug-likeness (QED) is 0.424. The molecule has 182 valence electrons. The number of ether oxygens (including phenoxy) is 1. The third-order valence-electron chi connectivity index (χ3n) is 3.78. The second-order valence-electron chi connectivity index (χ2n) is 6.20. The van der Waals surface area contributed by atoms with Crippen LogP contribution in [-0.2, 0) is 6.18 Å². The van der Waals surface area contributed by atoms with Crippen molar-refractivity contribution in [2.75, 3.05) is 17.2 Å². The first-order valence-corrected chi connectivity index (χ1v) is 9.73. The van der Waals surface area contributed by atoms with Gasteiger partial charge in [0.25, 0.3) is 5.91 Å². The molecule has 7 nitrogen and oxygen atoms in total. The second-order valence-corrected chi connectivity index (χ2v) is 6.20. The minimum Gasteiger partial charge on any atom is -0.482 e. The van der Waals surface area contributed by atoms with Gasteiger partial charge < -0.3 is 15.4 Å². The van der Waals surface area contributed by atoms with E-state index in [9.17, 15) is 31.1 Å². The van der Waals surface area contributed by atoms with E-state index in [1.165, 1.54) is 30.6 Å². The van der Waals surface area contributed by atoms with E-state index in [1.54, 1.807) is 0 Å². The van der Waals surface area contributed by atoms with Gasteiger partial charge >= 0.3 is 12.4 Å². The summed E-state index contributed by atoms with van der Waals surface area (Å²) in [5, 5.41) is 5.00. The van der Waals surface area contributed by atoms with Crippen LogP contribution >= 0.6 is 0 Å². The third kappa shape index (κ3) is 7.90. The number of aromatic nitrogens is 3. The molecule has 0 unspecified atom stereocenters. The van der Waals surface area contributed by atoms with Crippen molar-refractivity contribution in [3.8, 4) is 5.75 Å². The molecule has 13 heteroatoms. The zero-order valence-electron chi connectivity index (χ0n) is 17.8. The minimum atomic E-state index is -4.57. The van der Waals surface area contributed by atoms with Crippen LogP contribution in [0.1, 0.15) is 29.9 Å². The molecule has 0 saturated carbocycles. The van der Waals surface area contributed by atoms with Crippen LogP contribution < -0.4 is 15.4 Å². The highest BCUT2D eigenvalue weighted by Crippen LogP contribution is 2.30. The molecule has 0 spiro atoms. The number of carbonyl (C=O) groups is 1. The van der Waals surface area contributed by atoms with Crippen molar-refractivity contribution in [1.82, 2.24) is 15.0 Å². The van der Waals surface area contributed by atoms with Crippen molar-refractivity contribution in [2.45, 2.75) is 26.2 Å². The average Bonchev–Trinajstić information content (AvgIpc) is 2.79. The van der Waals surface area contributed by atoms with Gasteiger partial charge in [0.1, 0.15) is 17.1 Å². The summed E-state index contributed by atoms with van der Waals surface area (Å²) in [6.07, 6.45) is -5.54. The predicted molar refractivity (Wildman–Crippen MR) is 112 cm³/mol. The van der Waals surface area contributed by atoms with Gasteiger partial charge in [-0.25, -0.2) is 9.97 Å². The molecule has 1 aromatic carbocycles. The number of hydrogen-bond acceptors (Lipinski definition) is 6. The van der Waals surface area contributed by atoms with E-state index in [0.717, 1.165) is 24.4 Å². The first-order valence-electron chi connectivity index (χ1n) is 9.73. The Labute approximate surface area is 190 Å². The fourth-order valence-electron chi connectivity index (χ4n) is 2.36. The molecule has 0 aliphatic carbocycles. The predicted octanol–water partition coefficient (Wildman–Crippen LogP) is 5.85. The second kappa shape index (κ2) is 11.3. The summed E-state index contributed by atoms with van der Waals surface area (Å²) in [7, 11) is 0. The van der Waals surface area contributed by atoms with Crippen LogP contribution in [0.15, 0.2) is 55.0 Å². The smallest absolute Gasteiger partial charge is 0.422 e. The highest BCUT2D eigenvalue weighted by molar-refractivity contribution is 6.03. The highest BCUT2D eigenvalue weighted by atomic mass is 19.4. The van der Waals surface area contributed by atoms with E-state index in [2.05, 4.69) is 30.3 Å². The lowest BCUT2D eigenvalue weighted by Crippen LogP contribution is -2.21. The lowest BCUT2D eigenvalue weighted by molar-refractivity contribution is -0.153. The molecule has 2 aromatic heterocycles. The first-order chi connectivity index (χ1) is 16.0. The number of halogens is 6. The van der Waals surface area contributed by atoms with Crippen LogP contribution in [0.5, 0.6) is 5.75 Å². The van der Waals surface area contributed by atoms with Crippen LogP contribution in [-0.4, -0.2) is 33.6 Å². The summed E-state index contributed by atoms with van der Waals surface area (Å²) < 4.78 is 79.8. The van der Waals surface area contributed by atoms with Crippen LogP contribution in [0.3, 0.4) is 0 Å². The van der Waals surface area contributed by atoms with Crippen molar-refractivity contribution in [3.05, 3.63) is 66.2 Å². The average molecular weight is 487 g/mol. The zero-order valence-corrected chi connectivity index (χ0v) is 17.8. The highest BCUT2D eigenvalue weighted by Gasteiger charge is 2.30. The van der Waals surface area contributed by atoms with Gasteiger partial charge in [0, 0.05) is 24.1 Å². The van der Waals surface area contributed by atoms with Crippen LogP contribution in [0, 0.1) is 0 Å². The molecule has 0 atom stereocenters. The minimum absolute atomic E-state index is 0.0860. The summed E-state index contributed by atoms with van der Waals surface area (Å²) in [5.74, 6) is -1.13. The molecule has 1 amide bonds. The van der Waals surface area contributed by atoms with Crippen molar-refractivity contribution in [2.24, 2.45) is 0 Å². The number of alkyl halides is 6. The van der Waals surface area contributed by atoms with E-state index in [0.29, 0.717) is 0 Å². The Morgan fingerprint density at radius 1 is 0.971 bits per heavy atom. The fraction of sp³-hybridized carbons (Fsp3) is 0.238. The number of anilines is 3. The van der Waals surface area contributed by atoms with Gasteiger partial charge in [-0.1, -0.05) is 13.8 Å². The molecule has 0 aliphatic rings. The van der Waals surface area contributed by atoms with Gasteiger partial charge in [0.2, 0.25) is 5.95 Å². The SMILES string of the molecule is CC.O=C(Nc1cnccc1OCC(F)(F)F)c1ccnc(Nc2ccc(C(F)(F)F)cc2)n1. The number of amides is 1. The number of nitrogens with zero attached hydrogens (tertiary/aromatic N) is 3. The van der Waals surface area contributed by atoms with Crippen molar-refractivity contribution in [1.29, 1.82) is 0 Å². The molecule has 0 radical (unpaired) electrons. The molecule has 34 heavy (non-hydrogen) atoms. The van der Waals surface area contributed by atoms with Crippen LogP contribution in [0.4, 0.5) is 43.7 Å². The Morgan fingerprint density at radius 3 is 2.26 bits per heavy atom. The lowest BCUT2D eigenvalue weighted by Gasteiger charge is -2.13. The van der Waals surface area contributed by atoms with Crippen molar-refractivity contribution < 1.29 is 35.9 Å². The van der Waals surface area contributed by atoms with E-state index in [4.69, 9.17) is 0 Å². The van der Waals surface area contributed by atoms with E-state index in [1.807, 2.05) is 13.8 Å². The van der Waals surface area contributed by atoms with E-state index in [-0.39, 0.29) is 28.8 Å². The summed E-state index contributed by atoms with van der Waals surface area (Å²) in [5.41, 5.74) is -0.875. The number of nitrogens with one attached hydrogen (secondary N) is 2. The summed E-state index contributed by atoms with van der Waals surface area (Å²) in [6.45, 7) is 2.44. The molecule has 2 N–H and O–H groups in total. The van der Waals surface area contributed by atoms with Crippen LogP contribution in [0.25, 0.3) is 0 Å². The maximum Gasteiger partial charge on any atom is 0.422 e. The van der Waals surface area contributed by atoms with E-state index < -0.39 is 30.4 Å². The molecule has 2 heterocycles. The van der Waals surface area contributed by atoms with Gasteiger partial charge in [-0.3, -0.25) is 9.78 Å². The normalized spacial score (nSPS) is 11.2.